The van der Waals surface area contributed by atoms with Gasteiger partial charge in [0.25, 0.3) is 0 Å². The molecule has 0 saturated carbocycles. The molecule has 0 amide bonds. The average Bonchev–Trinajstić information content (AvgIpc) is 3.80. The molecular weight excluding hydrogens is 681 g/mol. The van der Waals surface area contributed by atoms with Gasteiger partial charge in [-0.3, -0.25) is 22.7 Å². The highest BCUT2D eigenvalue weighted by atomic mass is 32.7. The molecule has 8 heterocycles. The van der Waals surface area contributed by atoms with Crippen LogP contribution in [0.2, 0.25) is 0 Å². The number of halogens is 1. The summed E-state index contributed by atoms with van der Waals surface area (Å²) in [6.45, 7) is -9.54. The van der Waals surface area contributed by atoms with Crippen molar-refractivity contribution in [1.29, 1.82) is 0 Å². The third-order valence-corrected chi connectivity index (χ3v) is 11.1. The molecule has 240 valence electrons. The molecule has 19 nitrogen and oxygen atoms in total. The number of imidazole rings is 2. The van der Waals surface area contributed by atoms with Crippen molar-refractivity contribution < 1.29 is 46.2 Å². The SMILES string of the molecule is Nc1ncnc2c1ncn2[C@@H]1O[C@@H]2COP(O)(=S)O[C@H]3[C@H]4OC[C@]3(COP(=O)(S)O[C@H]2[C@H]1F)O[C@H]4n1cnc2c(N)ncnc21. The van der Waals surface area contributed by atoms with Gasteiger partial charge in [-0.05, 0) is 11.8 Å². The van der Waals surface area contributed by atoms with Crippen LogP contribution in [-0.4, -0.2) is 99.9 Å². The van der Waals surface area contributed by atoms with E-state index in [4.69, 9.17) is 55.6 Å². The molecule has 45 heavy (non-hydrogen) atoms. The quantitative estimate of drug-likeness (QED) is 0.167. The fourth-order valence-corrected chi connectivity index (χ4v) is 8.84. The predicted octanol–water partition coefficient (Wildman–Crippen LogP) is 0.804. The molecule has 4 fully saturated rings. The zero-order chi connectivity index (χ0) is 31.3. The first-order chi connectivity index (χ1) is 21.5. The minimum atomic E-state index is -4.33. The Kier molecular flexibility index (Phi) is 7.00. The van der Waals surface area contributed by atoms with Gasteiger partial charge in [-0.2, -0.15) is 0 Å². The van der Waals surface area contributed by atoms with Gasteiger partial charge in [0.15, 0.2) is 41.6 Å². The molecule has 8 rings (SSSR count). The first-order valence-electron chi connectivity index (χ1n) is 13.2. The lowest BCUT2D eigenvalue weighted by Crippen LogP contribution is -2.46. The predicted molar refractivity (Wildman–Crippen MR) is 156 cm³/mol. The van der Waals surface area contributed by atoms with E-state index < -0.39 is 75.4 Å². The molecule has 4 aliphatic heterocycles. The van der Waals surface area contributed by atoms with Crippen LogP contribution in [0.15, 0.2) is 25.3 Å². The highest BCUT2D eigenvalue weighted by Gasteiger charge is 2.65. The minimum absolute atomic E-state index is 0.0795. The number of rotatable bonds is 2. The molecule has 2 bridgehead atoms. The summed E-state index contributed by atoms with van der Waals surface area (Å²) >= 11 is 9.46. The van der Waals surface area contributed by atoms with Crippen LogP contribution < -0.4 is 11.5 Å². The maximum absolute atomic E-state index is 16.1. The Balaban J connectivity index is 1.10. The van der Waals surface area contributed by atoms with Crippen molar-refractivity contribution in [3.05, 3.63) is 25.3 Å². The summed E-state index contributed by atoms with van der Waals surface area (Å²) in [5.41, 5.74) is 11.4. The maximum atomic E-state index is 16.1. The Morgan fingerprint density at radius 2 is 1.60 bits per heavy atom. The number of ether oxygens (including phenoxy) is 3. The van der Waals surface area contributed by atoms with Crippen LogP contribution in [0, 0.1) is 0 Å². The lowest BCUT2D eigenvalue weighted by Gasteiger charge is -2.34. The topological polar surface area (TPSA) is 241 Å². The van der Waals surface area contributed by atoms with Crippen molar-refractivity contribution in [3.63, 3.8) is 0 Å². The summed E-state index contributed by atoms with van der Waals surface area (Å²) in [5.74, 6) is 0.232. The van der Waals surface area contributed by atoms with E-state index in [2.05, 4.69) is 42.2 Å². The van der Waals surface area contributed by atoms with Gasteiger partial charge in [0.05, 0.1) is 32.5 Å². The number of nitrogens with two attached hydrogens (primary N) is 2. The highest BCUT2D eigenvalue weighted by Crippen LogP contribution is 2.61. The normalized spacial score (nSPS) is 40.3. The number of fused-ring (bicyclic) bond motifs is 3. The van der Waals surface area contributed by atoms with Gasteiger partial charge in [0.1, 0.15) is 53.7 Å². The summed E-state index contributed by atoms with van der Waals surface area (Å²) < 4.78 is 73.7. The third kappa shape index (κ3) is 4.86. The minimum Gasteiger partial charge on any atom is -0.382 e. The largest absolute Gasteiger partial charge is 0.386 e. The van der Waals surface area contributed by atoms with Crippen LogP contribution in [0.3, 0.4) is 0 Å². The van der Waals surface area contributed by atoms with E-state index in [1.54, 1.807) is 4.57 Å². The number of nitrogens with zero attached hydrogens (tertiary/aromatic N) is 8. The smallest absolute Gasteiger partial charge is 0.382 e. The molecule has 4 aromatic heterocycles. The van der Waals surface area contributed by atoms with Crippen LogP contribution in [0.5, 0.6) is 0 Å². The van der Waals surface area contributed by atoms with Gasteiger partial charge in [0.2, 0.25) is 0 Å². The summed E-state index contributed by atoms with van der Waals surface area (Å²) in [6.07, 6.45) is -3.92. The van der Waals surface area contributed by atoms with Crippen LogP contribution in [0.25, 0.3) is 22.3 Å². The van der Waals surface area contributed by atoms with E-state index in [9.17, 15) is 9.46 Å². The van der Waals surface area contributed by atoms with Crippen LogP contribution in [0.1, 0.15) is 12.5 Å². The molecule has 0 aliphatic carbocycles. The first kappa shape index (κ1) is 29.9. The zero-order valence-corrected chi connectivity index (χ0v) is 26.0. The van der Waals surface area contributed by atoms with Crippen molar-refractivity contribution >= 4 is 71.5 Å². The van der Waals surface area contributed by atoms with Gasteiger partial charge in [0, 0.05) is 0 Å². The molecule has 4 aliphatic rings. The second kappa shape index (κ2) is 10.5. The van der Waals surface area contributed by atoms with Crippen molar-refractivity contribution in [3.8, 4) is 0 Å². The summed E-state index contributed by atoms with van der Waals surface area (Å²) in [7, 11) is 0. The lowest BCUT2D eigenvalue weighted by molar-refractivity contribution is -0.183. The summed E-state index contributed by atoms with van der Waals surface area (Å²) in [4.78, 5) is 35.8. The van der Waals surface area contributed by atoms with Crippen molar-refractivity contribution in [2.24, 2.45) is 0 Å². The number of aromatic nitrogens is 8. The second-order valence-corrected chi connectivity index (χ2v) is 16.3. The Morgan fingerprint density at radius 1 is 0.956 bits per heavy atom. The Morgan fingerprint density at radius 3 is 2.27 bits per heavy atom. The monoisotopic (exact) mass is 704 g/mol. The number of nitrogen functional groups attached to an aromatic ring is 2. The molecule has 4 saturated heterocycles. The summed E-state index contributed by atoms with van der Waals surface area (Å²) in [6, 6.07) is 0. The first-order valence-corrected chi connectivity index (χ1v) is 18.5. The van der Waals surface area contributed by atoms with E-state index in [1.807, 2.05) is 0 Å². The Hall–Kier alpha value is -2.46. The lowest BCUT2D eigenvalue weighted by atomic mass is 10.0. The standard InChI is InChI=1S/C21H23FN10O9P2S2/c22-9-12-8(38-19(9)31-6-29-10-15(23)25-4-27-17(10)31)1-36-42(33,44)41-14-13-20(32-7-30-11-16(24)26-5-28-18(11)32)39-21(14,2-35-13)3-37-43(34,45)40-12/h4-9,12-14,19-20H,1-3H2,(H,33,44)(H,34,45)(H2,23,25,27)(H2,24,26,28)/t8-,9-,12-,13-,14+,19-,20-,21-,42?,43?/m1/s1. The number of anilines is 2. The number of hydrogen-bond acceptors (Lipinski definition) is 17. The average molecular weight is 705 g/mol. The van der Waals surface area contributed by atoms with Gasteiger partial charge < -0.3 is 35.1 Å². The van der Waals surface area contributed by atoms with Crippen molar-refractivity contribution in [2.45, 2.75) is 48.6 Å². The Bertz CT molecular complexity index is 1920. The maximum Gasteiger partial charge on any atom is 0.386 e. The fraction of sp³-hybridized carbons (Fsp3) is 0.524. The van der Waals surface area contributed by atoms with Crippen LogP contribution in [0.4, 0.5) is 16.0 Å². The van der Waals surface area contributed by atoms with Crippen LogP contribution >= 0.6 is 25.8 Å². The van der Waals surface area contributed by atoms with E-state index in [0.717, 1.165) is 0 Å². The van der Waals surface area contributed by atoms with Crippen molar-refractivity contribution in [2.75, 3.05) is 31.3 Å². The number of alkyl halides is 1. The molecule has 4 aromatic rings. The zero-order valence-electron chi connectivity index (χ0n) is 22.5. The molecule has 10 atom stereocenters. The Labute approximate surface area is 261 Å². The third-order valence-electron chi connectivity index (χ3n) is 7.94. The molecular formula is C21H23FN10O9P2S2. The van der Waals surface area contributed by atoms with E-state index in [0.29, 0.717) is 11.2 Å². The molecule has 0 spiro atoms. The highest BCUT2D eigenvalue weighted by molar-refractivity contribution is 8.44. The van der Waals surface area contributed by atoms with Gasteiger partial charge >= 0.3 is 13.5 Å². The van der Waals surface area contributed by atoms with E-state index in [-0.39, 0.29) is 29.4 Å². The second-order valence-electron chi connectivity index (χ2n) is 10.6. The van der Waals surface area contributed by atoms with Gasteiger partial charge in [-0.1, -0.05) is 12.2 Å². The van der Waals surface area contributed by atoms with Crippen molar-refractivity contribution in [1.82, 2.24) is 39.0 Å². The molecule has 0 radical (unpaired) electrons. The molecule has 2 unspecified atom stereocenters. The number of hydrogen-bond donors (Lipinski definition) is 4. The number of thiol groups is 1. The van der Waals surface area contributed by atoms with E-state index >= 15 is 4.39 Å². The molecule has 0 aromatic carbocycles. The fourth-order valence-electron chi connectivity index (χ4n) is 5.88. The van der Waals surface area contributed by atoms with Gasteiger partial charge in [-0.15, -0.1) is 0 Å². The summed E-state index contributed by atoms with van der Waals surface area (Å²) in [5, 5.41) is 0. The van der Waals surface area contributed by atoms with Crippen LogP contribution in [-0.2, 0) is 48.7 Å². The molecule has 24 heteroatoms. The van der Waals surface area contributed by atoms with E-state index in [1.165, 1.54) is 29.9 Å². The van der Waals surface area contributed by atoms with Gasteiger partial charge in [-0.25, -0.2) is 38.9 Å². The molecule has 5 N–H and O–H groups in total.